The smallest absolute Gasteiger partial charge is 0.291 e. The summed E-state index contributed by atoms with van der Waals surface area (Å²) in [6, 6.07) is 9.34. The highest BCUT2D eigenvalue weighted by atomic mass is 79.9. The van der Waals surface area contributed by atoms with Crippen LogP contribution < -0.4 is 10.2 Å². The second-order valence-electron chi connectivity index (χ2n) is 5.94. The minimum absolute atomic E-state index is 0.170. The molecule has 1 aliphatic heterocycles. The summed E-state index contributed by atoms with van der Waals surface area (Å²) in [5.41, 5.74) is 0.499. The maximum Gasteiger partial charge on any atom is 0.291 e. The van der Waals surface area contributed by atoms with Crippen LogP contribution in [0.4, 0.5) is 5.69 Å². The van der Waals surface area contributed by atoms with Gasteiger partial charge in [0.15, 0.2) is 10.4 Å². The molecule has 0 spiro atoms. The molecule has 3 rings (SSSR count). The van der Waals surface area contributed by atoms with Gasteiger partial charge < -0.3 is 14.6 Å². The molecular weight excluding hydrogens is 410 g/mol. The number of nitrogens with zero attached hydrogens (tertiary/aromatic N) is 1. The molecule has 0 unspecified atom stereocenters. The molecule has 0 radical (unpaired) electrons. The van der Waals surface area contributed by atoms with Gasteiger partial charge in [-0.1, -0.05) is 0 Å². The number of benzene rings is 1. The number of piperazine rings is 1. The van der Waals surface area contributed by atoms with Crippen molar-refractivity contribution in [1.82, 2.24) is 4.31 Å². The average Bonchev–Trinajstić information content (AvgIpc) is 3.02. The van der Waals surface area contributed by atoms with E-state index in [9.17, 15) is 13.2 Å². The Hall–Kier alpha value is -1.68. The number of carbonyl (C=O) groups is 1. The van der Waals surface area contributed by atoms with E-state index in [1.54, 1.807) is 24.3 Å². The van der Waals surface area contributed by atoms with Crippen LogP contribution >= 0.6 is 15.9 Å². The van der Waals surface area contributed by atoms with Gasteiger partial charge in [-0.2, -0.15) is 4.31 Å². The van der Waals surface area contributed by atoms with E-state index in [1.165, 1.54) is 21.3 Å². The third-order valence-corrected chi connectivity index (χ3v) is 6.46. The molecule has 1 aromatic carbocycles. The number of nitrogens with one attached hydrogen (secondary N) is 2. The Kier molecular flexibility index (Phi) is 5.28. The van der Waals surface area contributed by atoms with Gasteiger partial charge in [0.25, 0.3) is 5.91 Å². The van der Waals surface area contributed by atoms with Gasteiger partial charge in [0, 0.05) is 5.69 Å². The van der Waals surface area contributed by atoms with E-state index in [-0.39, 0.29) is 10.7 Å². The van der Waals surface area contributed by atoms with Crippen LogP contribution in [0.2, 0.25) is 0 Å². The van der Waals surface area contributed by atoms with Crippen molar-refractivity contribution in [3.05, 3.63) is 46.8 Å². The normalized spacial score (nSPS) is 16.7. The van der Waals surface area contributed by atoms with Gasteiger partial charge in [-0.25, -0.2) is 8.42 Å². The van der Waals surface area contributed by atoms with Gasteiger partial charge in [-0.15, -0.1) is 0 Å². The molecule has 1 aromatic heterocycles. The van der Waals surface area contributed by atoms with E-state index >= 15 is 0 Å². The Morgan fingerprint density at radius 3 is 2.36 bits per heavy atom. The standard InChI is InChI=1S/C16H18BrN3O4S/c1-19-8-10-20(11-9-19)25(22,23)13-4-2-12(3-5-13)18-16(21)14-6-7-15(17)24-14/h2-7H,8-11H2,1H3,(H,18,21)/p+1. The quantitative estimate of drug-likeness (QED) is 0.754. The van der Waals surface area contributed by atoms with Crippen molar-refractivity contribution in [2.24, 2.45) is 0 Å². The van der Waals surface area contributed by atoms with Crippen LogP contribution in [-0.2, 0) is 10.0 Å². The number of furan rings is 1. The lowest BCUT2D eigenvalue weighted by molar-refractivity contribution is -0.883. The molecule has 2 aromatic rings. The molecule has 0 aliphatic carbocycles. The summed E-state index contributed by atoms with van der Waals surface area (Å²) in [5, 5.41) is 2.67. The molecule has 0 atom stereocenters. The Labute approximate surface area is 154 Å². The number of rotatable bonds is 4. The van der Waals surface area contributed by atoms with Crippen LogP contribution in [0, 0.1) is 0 Å². The zero-order valence-corrected chi connectivity index (χ0v) is 16.1. The Morgan fingerprint density at radius 1 is 1.16 bits per heavy atom. The van der Waals surface area contributed by atoms with Gasteiger partial charge in [0.1, 0.15) is 0 Å². The summed E-state index contributed by atoms with van der Waals surface area (Å²) in [5.74, 6) is -0.230. The molecule has 7 nitrogen and oxygen atoms in total. The molecule has 9 heteroatoms. The third kappa shape index (κ3) is 4.12. The number of hydrogen-bond donors (Lipinski definition) is 2. The van der Waals surface area contributed by atoms with Crippen molar-refractivity contribution in [2.75, 3.05) is 38.5 Å². The summed E-state index contributed by atoms with van der Waals surface area (Å²) < 4.78 is 32.5. The molecule has 2 N–H and O–H groups in total. The van der Waals surface area contributed by atoms with Gasteiger partial charge >= 0.3 is 0 Å². The number of carbonyl (C=O) groups excluding carboxylic acids is 1. The lowest BCUT2D eigenvalue weighted by Crippen LogP contribution is -3.12. The second-order valence-corrected chi connectivity index (χ2v) is 8.66. The number of sulfonamides is 1. The van der Waals surface area contributed by atoms with E-state index in [2.05, 4.69) is 28.3 Å². The van der Waals surface area contributed by atoms with Gasteiger partial charge in [0.2, 0.25) is 10.0 Å². The van der Waals surface area contributed by atoms with Gasteiger partial charge in [0.05, 0.1) is 38.1 Å². The van der Waals surface area contributed by atoms with Crippen LogP contribution in [0.25, 0.3) is 0 Å². The Balaban J connectivity index is 1.70. The fourth-order valence-electron chi connectivity index (χ4n) is 2.60. The van der Waals surface area contributed by atoms with Crippen molar-refractivity contribution in [3.63, 3.8) is 0 Å². The average molecular weight is 429 g/mol. The van der Waals surface area contributed by atoms with Crippen molar-refractivity contribution in [2.45, 2.75) is 4.90 Å². The first-order chi connectivity index (χ1) is 11.9. The predicted octanol–water partition coefficient (Wildman–Crippen LogP) is 0.813. The van der Waals surface area contributed by atoms with Crippen LogP contribution in [0.15, 0.2) is 50.4 Å². The monoisotopic (exact) mass is 428 g/mol. The lowest BCUT2D eigenvalue weighted by atomic mass is 10.3. The largest absolute Gasteiger partial charge is 0.444 e. The number of quaternary nitrogens is 1. The Morgan fingerprint density at radius 2 is 1.80 bits per heavy atom. The second kappa shape index (κ2) is 7.28. The highest BCUT2D eigenvalue weighted by Gasteiger charge is 2.29. The molecule has 25 heavy (non-hydrogen) atoms. The highest BCUT2D eigenvalue weighted by molar-refractivity contribution is 9.10. The van der Waals surface area contributed by atoms with E-state index in [1.807, 2.05) is 0 Å². The van der Waals surface area contributed by atoms with Crippen molar-refractivity contribution >= 4 is 37.5 Å². The minimum atomic E-state index is -3.50. The van der Waals surface area contributed by atoms with Crippen molar-refractivity contribution in [3.8, 4) is 0 Å². The van der Waals surface area contributed by atoms with E-state index in [4.69, 9.17) is 4.42 Å². The molecule has 1 aliphatic rings. The predicted molar refractivity (Wildman–Crippen MR) is 96.2 cm³/mol. The molecule has 0 saturated carbocycles. The number of hydrogen-bond acceptors (Lipinski definition) is 4. The molecule has 134 valence electrons. The fourth-order valence-corrected chi connectivity index (χ4v) is 4.34. The van der Waals surface area contributed by atoms with Gasteiger partial charge in [-0.3, -0.25) is 4.79 Å². The lowest BCUT2D eigenvalue weighted by Gasteiger charge is -2.29. The highest BCUT2D eigenvalue weighted by Crippen LogP contribution is 2.20. The zero-order valence-electron chi connectivity index (χ0n) is 13.7. The number of halogens is 1. The number of amides is 1. The SMILES string of the molecule is C[NH+]1CCN(S(=O)(=O)c2ccc(NC(=O)c3ccc(Br)o3)cc2)CC1. The zero-order chi connectivity index (χ0) is 18.0. The van der Waals surface area contributed by atoms with E-state index in [0.29, 0.717) is 23.4 Å². The fraction of sp³-hybridized carbons (Fsp3) is 0.312. The Bertz CT molecular complexity index is 856. The maximum absolute atomic E-state index is 12.7. The molecule has 2 heterocycles. The van der Waals surface area contributed by atoms with Crippen LogP contribution in [0.5, 0.6) is 0 Å². The third-order valence-electron chi connectivity index (χ3n) is 4.12. The number of anilines is 1. The first-order valence-corrected chi connectivity index (χ1v) is 10.1. The summed E-state index contributed by atoms with van der Waals surface area (Å²) in [6.45, 7) is 2.62. The maximum atomic E-state index is 12.7. The molecule has 1 saturated heterocycles. The molecule has 1 amide bonds. The summed E-state index contributed by atoms with van der Waals surface area (Å²) in [7, 11) is -1.44. The summed E-state index contributed by atoms with van der Waals surface area (Å²) in [4.78, 5) is 13.6. The van der Waals surface area contributed by atoms with Crippen molar-refractivity contribution in [1.29, 1.82) is 0 Å². The van der Waals surface area contributed by atoms with E-state index in [0.717, 1.165) is 13.1 Å². The van der Waals surface area contributed by atoms with Crippen molar-refractivity contribution < 1.29 is 22.5 Å². The molecular formula is C16H19BrN3O4S+. The van der Waals surface area contributed by atoms with Crippen LogP contribution in [-0.4, -0.2) is 51.9 Å². The van der Waals surface area contributed by atoms with Crippen LogP contribution in [0.3, 0.4) is 0 Å². The van der Waals surface area contributed by atoms with Crippen LogP contribution in [0.1, 0.15) is 10.6 Å². The summed E-state index contributed by atoms with van der Waals surface area (Å²) in [6.07, 6.45) is 0. The van der Waals surface area contributed by atoms with Gasteiger partial charge in [-0.05, 0) is 52.3 Å². The summed E-state index contributed by atoms with van der Waals surface area (Å²) >= 11 is 3.14. The first-order valence-electron chi connectivity index (χ1n) is 7.84. The van der Waals surface area contributed by atoms with E-state index < -0.39 is 15.9 Å². The molecule has 0 bridgehead atoms. The topological polar surface area (TPSA) is 84.1 Å². The minimum Gasteiger partial charge on any atom is -0.444 e. The first kappa shape index (κ1) is 18.1. The number of likely N-dealkylation sites (N-methyl/N-ethyl adjacent to an activating group) is 1. The molecule has 1 fully saturated rings.